The van der Waals surface area contributed by atoms with Gasteiger partial charge in [0.05, 0.1) is 6.26 Å². The van der Waals surface area contributed by atoms with Gasteiger partial charge in [-0.1, -0.05) is 29.8 Å². The molecule has 0 saturated heterocycles. The van der Waals surface area contributed by atoms with Gasteiger partial charge in [0, 0.05) is 17.0 Å². The van der Waals surface area contributed by atoms with Crippen LogP contribution in [0.4, 0.5) is 0 Å². The first-order valence-corrected chi connectivity index (χ1v) is 8.16. The fourth-order valence-corrected chi connectivity index (χ4v) is 2.59. The van der Waals surface area contributed by atoms with Gasteiger partial charge in [-0.3, -0.25) is 4.79 Å². The zero-order valence-corrected chi connectivity index (χ0v) is 14.0. The lowest BCUT2D eigenvalue weighted by Gasteiger charge is -2.14. The highest BCUT2D eigenvalue weighted by Gasteiger charge is 2.14. The van der Waals surface area contributed by atoms with Crippen molar-refractivity contribution in [2.24, 2.45) is 0 Å². The molecule has 1 heterocycles. The maximum atomic E-state index is 12.1. The molecule has 0 radical (unpaired) electrons. The van der Waals surface area contributed by atoms with Crippen LogP contribution in [0.2, 0.25) is 5.02 Å². The number of amides is 1. The molecule has 1 amide bonds. The van der Waals surface area contributed by atoms with E-state index in [1.807, 2.05) is 24.3 Å². The molecule has 0 bridgehead atoms. The minimum Gasteiger partial charge on any atom is -0.481 e. The van der Waals surface area contributed by atoms with Crippen LogP contribution in [0.5, 0.6) is 5.75 Å². The van der Waals surface area contributed by atoms with Crippen molar-refractivity contribution >= 4 is 28.5 Å². The van der Waals surface area contributed by atoms with E-state index in [1.54, 1.807) is 37.5 Å². The van der Waals surface area contributed by atoms with Crippen LogP contribution >= 0.6 is 11.6 Å². The number of carbonyl (C=O) groups excluding carboxylic acids is 1. The summed E-state index contributed by atoms with van der Waals surface area (Å²) in [6, 6.07) is 14.8. The lowest BCUT2D eigenvalue weighted by atomic mass is 10.1. The number of para-hydroxylation sites is 1. The molecular weight excluding hydrogens is 326 g/mol. The molecule has 3 rings (SSSR count). The number of hydrogen-bond donors (Lipinski definition) is 1. The molecule has 0 aliphatic rings. The Morgan fingerprint density at radius 2 is 1.96 bits per heavy atom. The summed E-state index contributed by atoms with van der Waals surface area (Å²) in [5.41, 5.74) is 1.94. The van der Waals surface area contributed by atoms with Crippen molar-refractivity contribution in [3.63, 3.8) is 0 Å². The second kappa shape index (κ2) is 7.41. The van der Waals surface area contributed by atoms with Gasteiger partial charge in [-0.15, -0.1) is 0 Å². The molecule has 0 aliphatic heterocycles. The quantitative estimate of drug-likeness (QED) is 0.729. The van der Waals surface area contributed by atoms with Gasteiger partial charge in [-0.05, 0) is 49.2 Å². The standard InChI is InChI=1S/C19H18ClNO3/c1-13(24-16-8-6-15(20)7-9-16)19(22)21-11-10-14-12-23-18-5-3-2-4-17(14)18/h2-9,12-13H,10-11H2,1H3,(H,21,22). The number of carbonyl (C=O) groups is 1. The lowest BCUT2D eigenvalue weighted by molar-refractivity contribution is -0.127. The Labute approximate surface area is 145 Å². The third-order valence-corrected chi connectivity index (χ3v) is 4.00. The number of furan rings is 1. The average Bonchev–Trinajstić information content (AvgIpc) is 3.00. The molecule has 0 aliphatic carbocycles. The van der Waals surface area contributed by atoms with Crippen LogP contribution in [0.15, 0.2) is 59.2 Å². The maximum Gasteiger partial charge on any atom is 0.260 e. The third-order valence-electron chi connectivity index (χ3n) is 3.75. The monoisotopic (exact) mass is 343 g/mol. The molecular formula is C19H18ClNO3. The minimum atomic E-state index is -0.577. The molecule has 5 heteroatoms. The van der Waals surface area contributed by atoms with Crippen molar-refractivity contribution in [2.75, 3.05) is 6.54 Å². The third kappa shape index (κ3) is 3.89. The molecule has 24 heavy (non-hydrogen) atoms. The molecule has 2 aromatic carbocycles. The van der Waals surface area contributed by atoms with Gasteiger partial charge in [0.15, 0.2) is 6.10 Å². The van der Waals surface area contributed by atoms with Crippen molar-refractivity contribution in [3.05, 3.63) is 65.4 Å². The number of benzene rings is 2. The van der Waals surface area contributed by atoms with Crippen LogP contribution < -0.4 is 10.1 Å². The van der Waals surface area contributed by atoms with Crippen molar-refractivity contribution in [2.45, 2.75) is 19.4 Å². The Balaban J connectivity index is 1.50. The highest BCUT2D eigenvalue weighted by molar-refractivity contribution is 6.30. The maximum absolute atomic E-state index is 12.1. The fourth-order valence-electron chi connectivity index (χ4n) is 2.46. The van der Waals surface area contributed by atoms with E-state index in [2.05, 4.69) is 5.32 Å². The first-order chi connectivity index (χ1) is 11.6. The number of fused-ring (bicyclic) bond motifs is 1. The Morgan fingerprint density at radius 3 is 2.75 bits per heavy atom. The first-order valence-electron chi connectivity index (χ1n) is 7.78. The van der Waals surface area contributed by atoms with Crippen LogP contribution in [-0.2, 0) is 11.2 Å². The van der Waals surface area contributed by atoms with Gasteiger partial charge in [0.2, 0.25) is 0 Å². The van der Waals surface area contributed by atoms with Gasteiger partial charge in [-0.2, -0.15) is 0 Å². The molecule has 1 aromatic heterocycles. The highest BCUT2D eigenvalue weighted by Crippen LogP contribution is 2.21. The Morgan fingerprint density at radius 1 is 1.21 bits per heavy atom. The van der Waals surface area contributed by atoms with Crippen LogP contribution in [0.3, 0.4) is 0 Å². The van der Waals surface area contributed by atoms with E-state index in [0.717, 1.165) is 16.5 Å². The zero-order chi connectivity index (χ0) is 16.9. The van der Waals surface area contributed by atoms with E-state index in [4.69, 9.17) is 20.8 Å². The van der Waals surface area contributed by atoms with E-state index < -0.39 is 6.10 Å². The second-order valence-corrected chi connectivity index (χ2v) is 5.95. The summed E-state index contributed by atoms with van der Waals surface area (Å²) in [5.74, 6) is 0.459. The molecule has 3 aromatic rings. The fraction of sp³-hybridized carbons (Fsp3) is 0.211. The summed E-state index contributed by atoms with van der Waals surface area (Å²) < 4.78 is 11.1. The predicted octanol–water partition coefficient (Wildman–Crippen LogP) is 4.21. The molecule has 124 valence electrons. The molecule has 1 atom stereocenters. The molecule has 0 saturated carbocycles. The second-order valence-electron chi connectivity index (χ2n) is 5.51. The molecule has 1 N–H and O–H groups in total. The van der Waals surface area contributed by atoms with Crippen molar-refractivity contribution in [1.29, 1.82) is 0 Å². The molecule has 4 nitrogen and oxygen atoms in total. The first kappa shape index (κ1) is 16.4. The number of hydrogen-bond acceptors (Lipinski definition) is 3. The summed E-state index contributed by atoms with van der Waals surface area (Å²) in [6.45, 7) is 2.24. The SMILES string of the molecule is CC(Oc1ccc(Cl)cc1)C(=O)NCCc1coc2ccccc12. The minimum absolute atomic E-state index is 0.155. The van der Waals surface area contributed by atoms with E-state index in [-0.39, 0.29) is 5.91 Å². The van der Waals surface area contributed by atoms with Crippen molar-refractivity contribution in [3.8, 4) is 5.75 Å². The van der Waals surface area contributed by atoms with E-state index in [1.165, 1.54) is 0 Å². The van der Waals surface area contributed by atoms with Crippen LogP contribution in [0.1, 0.15) is 12.5 Å². The topological polar surface area (TPSA) is 51.5 Å². The van der Waals surface area contributed by atoms with Crippen LogP contribution in [0.25, 0.3) is 11.0 Å². The van der Waals surface area contributed by atoms with Crippen molar-refractivity contribution < 1.29 is 13.9 Å². The van der Waals surface area contributed by atoms with Gasteiger partial charge in [0.25, 0.3) is 5.91 Å². The van der Waals surface area contributed by atoms with Gasteiger partial charge in [0.1, 0.15) is 11.3 Å². The predicted molar refractivity (Wildman–Crippen MR) is 94.5 cm³/mol. The Bertz CT molecular complexity index is 826. The summed E-state index contributed by atoms with van der Waals surface area (Å²) in [5, 5.41) is 4.60. The number of ether oxygens (including phenoxy) is 1. The van der Waals surface area contributed by atoms with E-state index in [0.29, 0.717) is 23.7 Å². The van der Waals surface area contributed by atoms with Gasteiger partial charge < -0.3 is 14.5 Å². The normalized spacial score (nSPS) is 12.1. The summed E-state index contributed by atoms with van der Waals surface area (Å²) >= 11 is 5.83. The van der Waals surface area contributed by atoms with Crippen molar-refractivity contribution in [1.82, 2.24) is 5.32 Å². The molecule has 0 fully saturated rings. The Kier molecular flexibility index (Phi) is 5.06. The van der Waals surface area contributed by atoms with Crippen LogP contribution in [-0.4, -0.2) is 18.6 Å². The van der Waals surface area contributed by atoms with Gasteiger partial charge in [-0.25, -0.2) is 0 Å². The highest BCUT2D eigenvalue weighted by atomic mass is 35.5. The summed E-state index contributed by atoms with van der Waals surface area (Å²) in [7, 11) is 0. The summed E-state index contributed by atoms with van der Waals surface area (Å²) in [6.07, 6.45) is 1.87. The number of nitrogens with one attached hydrogen (secondary N) is 1. The van der Waals surface area contributed by atoms with Crippen LogP contribution in [0, 0.1) is 0 Å². The van der Waals surface area contributed by atoms with Gasteiger partial charge >= 0.3 is 0 Å². The smallest absolute Gasteiger partial charge is 0.260 e. The van der Waals surface area contributed by atoms with E-state index in [9.17, 15) is 4.79 Å². The zero-order valence-electron chi connectivity index (χ0n) is 13.3. The van der Waals surface area contributed by atoms with E-state index >= 15 is 0 Å². The molecule has 1 unspecified atom stereocenters. The largest absolute Gasteiger partial charge is 0.481 e. The average molecular weight is 344 g/mol. The number of rotatable bonds is 6. The molecule has 0 spiro atoms. The Hall–Kier alpha value is -2.46. The summed E-state index contributed by atoms with van der Waals surface area (Å²) in [4.78, 5) is 12.1. The lowest BCUT2D eigenvalue weighted by Crippen LogP contribution is -2.37. The number of halogens is 1.